The quantitative estimate of drug-likeness (QED) is 0.102. The van der Waals surface area contributed by atoms with Crippen LogP contribution in [0.3, 0.4) is 0 Å². The molecule has 1 amide bonds. The van der Waals surface area contributed by atoms with Gasteiger partial charge in [0.15, 0.2) is 6.29 Å². The van der Waals surface area contributed by atoms with Crippen molar-refractivity contribution in [3.63, 3.8) is 0 Å². The number of carbonyl (C=O) groups excluding carboxylic acids is 1. The molecule has 3 fully saturated rings. The highest BCUT2D eigenvalue weighted by atomic mass is 32.2. The number of aliphatic hydroxyl groups is 1. The van der Waals surface area contributed by atoms with Gasteiger partial charge < -0.3 is 19.9 Å². The highest BCUT2D eigenvalue weighted by molar-refractivity contribution is 7.89. The minimum absolute atomic E-state index is 0.00314. The van der Waals surface area contributed by atoms with Gasteiger partial charge in [0.2, 0.25) is 15.9 Å². The van der Waals surface area contributed by atoms with E-state index in [1.807, 2.05) is 79.7 Å². The molecule has 0 radical (unpaired) electrons. The molecule has 0 spiro atoms. The summed E-state index contributed by atoms with van der Waals surface area (Å²) in [6, 6.07) is 39.9. The summed E-state index contributed by atoms with van der Waals surface area (Å²) in [6.45, 7) is 11.3. The molecule has 61 heavy (non-hydrogen) atoms. The van der Waals surface area contributed by atoms with E-state index in [1.54, 1.807) is 24.3 Å². The van der Waals surface area contributed by atoms with Crippen LogP contribution in [0.2, 0.25) is 0 Å². The molecule has 1 aliphatic carbocycles. The van der Waals surface area contributed by atoms with Crippen molar-refractivity contribution in [3.05, 3.63) is 161 Å². The van der Waals surface area contributed by atoms with Gasteiger partial charge in [0.1, 0.15) is 6.04 Å². The van der Waals surface area contributed by atoms with E-state index in [0.29, 0.717) is 16.9 Å². The number of likely N-dealkylation sites (tertiary alicyclic amines) is 1. The highest BCUT2D eigenvalue weighted by Crippen LogP contribution is 2.53. The molecule has 2 bridgehead atoms. The van der Waals surface area contributed by atoms with Crippen LogP contribution in [0.15, 0.2) is 132 Å². The van der Waals surface area contributed by atoms with Crippen LogP contribution in [0, 0.1) is 17.8 Å². The molecule has 2 saturated heterocycles. The van der Waals surface area contributed by atoms with Crippen molar-refractivity contribution in [1.29, 1.82) is 0 Å². The molecule has 9 nitrogen and oxygen atoms in total. The fourth-order valence-electron chi connectivity index (χ4n) is 10.1. The zero-order valence-electron chi connectivity index (χ0n) is 35.7. The van der Waals surface area contributed by atoms with Crippen molar-refractivity contribution in [1.82, 2.24) is 14.9 Å². The van der Waals surface area contributed by atoms with Crippen molar-refractivity contribution >= 4 is 15.9 Å². The van der Waals surface area contributed by atoms with Gasteiger partial charge in [0.25, 0.3) is 0 Å². The van der Waals surface area contributed by atoms with E-state index >= 15 is 0 Å². The Balaban J connectivity index is 0.986. The second kappa shape index (κ2) is 18.0. The summed E-state index contributed by atoms with van der Waals surface area (Å²) in [6.07, 6.45) is 3.84. The molecular weight excluding hydrogens is 783 g/mol. The van der Waals surface area contributed by atoms with Gasteiger partial charge >= 0.3 is 0 Å². The number of hydrogen-bond donors (Lipinski definition) is 3. The Hall–Kier alpha value is -4.68. The highest BCUT2D eigenvalue weighted by Gasteiger charge is 2.50. The lowest BCUT2D eigenvalue weighted by atomic mass is 9.65. The number of nitrogens with one attached hydrogen (secondary N) is 2. The maximum Gasteiger partial charge on any atom is 0.241 e. The molecule has 5 aromatic rings. The van der Waals surface area contributed by atoms with Crippen LogP contribution in [0.25, 0.3) is 11.1 Å². The van der Waals surface area contributed by atoms with Crippen LogP contribution in [0.1, 0.15) is 92.2 Å². The fourth-order valence-corrected chi connectivity index (χ4v) is 11.3. The Bertz CT molecular complexity index is 2410. The van der Waals surface area contributed by atoms with Crippen LogP contribution in [0.4, 0.5) is 0 Å². The molecule has 1 saturated carbocycles. The zero-order chi connectivity index (χ0) is 42.8. The maximum atomic E-state index is 13.8. The van der Waals surface area contributed by atoms with Crippen LogP contribution in [-0.2, 0) is 43.9 Å². The Kier molecular flexibility index (Phi) is 12.7. The Morgan fingerprint density at radius 3 is 2.25 bits per heavy atom. The number of nitrogens with zero attached hydrogens (tertiary/aromatic N) is 1. The van der Waals surface area contributed by atoms with Crippen LogP contribution < -0.4 is 10.0 Å². The molecule has 2 unspecified atom stereocenters. The van der Waals surface area contributed by atoms with Crippen molar-refractivity contribution in [3.8, 4) is 11.1 Å². The van der Waals surface area contributed by atoms with Gasteiger partial charge in [-0.25, -0.2) is 8.42 Å². The summed E-state index contributed by atoms with van der Waals surface area (Å²) in [7, 11) is -3.97. The molecule has 6 atom stereocenters. The van der Waals surface area contributed by atoms with Gasteiger partial charge in [0.05, 0.1) is 23.7 Å². The molecule has 5 aromatic carbocycles. The summed E-state index contributed by atoms with van der Waals surface area (Å²) in [5.74, 6) is -0.413. The number of aryl methyl sites for hydroxylation is 1. The number of sulfonamides is 1. The van der Waals surface area contributed by atoms with Gasteiger partial charge in [-0.2, -0.15) is 4.72 Å². The van der Waals surface area contributed by atoms with Gasteiger partial charge in [-0.3, -0.25) is 9.69 Å². The van der Waals surface area contributed by atoms with E-state index in [2.05, 4.69) is 66.0 Å². The third kappa shape index (κ3) is 10.5. The minimum Gasteiger partial charge on any atom is -0.392 e. The Morgan fingerprint density at radius 2 is 1.51 bits per heavy atom. The molecule has 3 N–H and O–H groups in total. The van der Waals surface area contributed by atoms with E-state index in [0.717, 1.165) is 64.0 Å². The number of ether oxygens (including phenoxy) is 2. The minimum atomic E-state index is -3.97. The Labute approximate surface area is 361 Å². The average Bonchev–Trinajstić information content (AvgIpc) is 3.49. The molecule has 10 heteroatoms. The van der Waals surface area contributed by atoms with E-state index in [-0.39, 0.29) is 36.7 Å². The van der Waals surface area contributed by atoms with E-state index in [1.165, 1.54) is 19.3 Å². The number of aliphatic hydroxyl groups excluding tert-OH is 1. The van der Waals surface area contributed by atoms with Crippen molar-refractivity contribution in [2.75, 3.05) is 13.1 Å². The second-order valence-corrected chi connectivity index (χ2v) is 20.4. The SMILES string of the molecule is Cc1ccc(S(=O)(=O)N[C@H](Cc2ccccc2)C(=O)NCc2cccc(-c3cccc([C@@H]4O[C@H](CN5CC6(C)CC5CC(C)(C)C6)C[C@H](c5ccc(CO)cc5)O4)c3)c2)cc1. The first-order chi connectivity index (χ1) is 29.2. The number of carbonyl (C=O) groups is 1. The van der Waals surface area contributed by atoms with Gasteiger partial charge in [0, 0.05) is 37.7 Å². The first kappa shape index (κ1) is 43.0. The second-order valence-electron chi connectivity index (χ2n) is 18.7. The zero-order valence-corrected chi connectivity index (χ0v) is 36.5. The molecular formula is C51H59N3O6S. The molecule has 8 rings (SSSR count). The van der Waals surface area contributed by atoms with Crippen molar-refractivity contribution in [2.24, 2.45) is 10.8 Å². The smallest absolute Gasteiger partial charge is 0.241 e. The third-order valence-corrected chi connectivity index (χ3v) is 14.2. The lowest BCUT2D eigenvalue weighted by Gasteiger charge is -2.41. The van der Waals surface area contributed by atoms with Gasteiger partial charge in [-0.05, 0) is 101 Å². The van der Waals surface area contributed by atoms with Crippen LogP contribution in [0.5, 0.6) is 0 Å². The van der Waals surface area contributed by atoms with Crippen LogP contribution in [-0.4, -0.2) is 55.6 Å². The lowest BCUT2D eigenvalue weighted by molar-refractivity contribution is -0.253. The molecule has 320 valence electrons. The molecule has 3 aliphatic rings. The average molecular weight is 842 g/mol. The largest absolute Gasteiger partial charge is 0.392 e. The Morgan fingerprint density at radius 1 is 0.803 bits per heavy atom. The van der Waals surface area contributed by atoms with E-state index in [4.69, 9.17) is 9.47 Å². The predicted molar refractivity (Wildman–Crippen MR) is 239 cm³/mol. The predicted octanol–water partition coefficient (Wildman–Crippen LogP) is 8.81. The number of amides is 1. The molecule has 0 aromatic heterocycles. The lowest BCUT2D eigenvalue weighted by Crippen LogP contribution is -2.47. The monoisotopic (exact) mass is 841 g/mol. The van der Waals surface area contributed by atoms with E-state index < -0.39 is 28.3 Å². The number of benzene rings is 5. The summed E-state index contributed by atoms with van der Waals surface area (Å²) in [5, 5.41) is 12.7. The summed E-state index contributed by atoms with van der Waals surface area (Å²) < 4.78 is 43.2. The number of rotatable bonds is 14. The first-order valence-corrected chi connectivity index (χ1v) is 23.1. The van der Waals surface area contributed by atoms with Gasteiger partial charge in [-0.1, -0.05) is 129 Å². The standard InChI is InChI=1S/C51H59N3O6S/c1-35-16-22-45(23-17-35)61(57,58)53-46(25-36-10-6-5-7-11-36)48(56)52-30-38-12-8-13-40(24-38)41-14-9-15-42(26-41)49-59-44(27-47(60-49)39-20-18-37(32-55)19-21-39)31-54-34-51(4)29-43(54)28-50(2,3)33-51/h5-24,26,43-44,46-47,49,53,55H,25,27-34H2,1-4H3,(H,52,56)/t43?,44-,46+,47+,49+,51?/m0/s1. The molecule has 2 heterocycles. The first-order valence-electron chi connectivity index (χ1n) is 21.6. The number of hydrogen-bond acceptors (Lipinski definition) is 7. The molecule has 2 aliphatic heterocycles. The van der Waals surface area contributed by atoms with Gasteiger partial charge in [-0.15, -0.1) is 0 Å². The number of fused-ring (bicyclic) bond motifs is 2. The van der Waals surface area contributed by atoms with E-state index in [9.17, 15) is 18.3 Å². The maximum absolute atomic E-state index is 13.8. The summed E-state index contributed by atoms with van der Waals surface area (Å²) in [4.78, 5) is 16.6. The fraction of sp³-hybridized carbons (Fsp3) is 0.392. The third-order valence-electron chi connectivity index (χ3n) is 12.7. The van der Waals surface area contributed by atoms with Crippen LogP contribution >= 0.6 is 0 Å². The van der Waals surface area contributed by atoms with Crippen molar-refractivity contribution in [2.45, 2.75) is 108 Å². The van der Waals surface area contributed by atoms with Crippen molar-refractivity contribution < 1.29 is 27.8 Å². The summed E-state index contributed by atoms with van der Waals surface area (Å²) >= 11 is 0. The summed E-state index contributed by atoms with van der Waals surface area (Å²) in [5.41, 5.74) is 8.15. The normalized spacial score (nSPS) is 24.3. The topological polar surface area (TPSA) is 117 Å².